The zero-order valence-electron chi connectivity index (χ0n) is 12.0. The summed E-state index contributed by atoms with van der Waals surface area (Å²) in [5.41, 5.74) is 1.80. The molecule has 1 unspecified atom stereocenters. The van der Waals surface area contributed by atoms with E-state index in [1.165, 1.54) is 6.92 Å². The highest BCUT2D eigenvalue weighted by Gasteiger charge is 2.11. The standard InChI is InChI=1S/C15H18N2O4/c1-10(18)21-9-15(20)16-8-14(19)12-3-4-13-11(7-12)5-6-17(13)2/h3-7,14,19H,8-9H2,1-2H3,(H,16,20). The van der Waals surface area contributed by atoms with Gasteiger partial charge in [0, 0.05) is 32.2 Å². The van der Waals surface area contributed by atoms with Crippen LogP contribution in [0.25, 0.3) is 10.9 Å². The van der Waals surface area contributed by atoms with Crippen LogP contribution in [-0.4, -0.2) is 34.7 Å². The average Bonchev–Trinajstić information content (AvgIpc) is 2.83. The lowest BCUT2D eigenvalue weighted by Crippen LogP contribution is -2.32. The number of carbonyl (C=O) groups excluding carboxylic acids is 2. The first kappa shape index (κ1) is 15.1. The van der Waals surface area contributed by atoms with E-state index in [1.54, 1.807) is 0 Å². The molecule has 6 nitrogen and oxygen atoms in total. The van der Waals surface area contributed by atoms with Crippen molar-refractivity contribution in [3.05, 3.63) is 36.0 Å². The average molecular weight is 290 g/mol. The molecule has 0 spiro atoms. The minimum Gasteiger partial charge on any atom is -0.456 e. The van der Waals surface area contributed by atoms with Gasteiger partial charge in [-0.2, -0.15) is 0 Å². The second kappa shape index (κ2) is 6.41. The molecule has 1 aromatic heterocycles. The van der Waals surface area contributed by atoms with Crippen molar-refractivity contribution in [2.75, 3.05) is 13.2 Å². The van der Waals surface area contributed by atoms with Crippen molar-refractivity contribution in [3.8, 4) is 0 Å². The molecule has 0 aliphatic heterocycles. The van der Waals surface area contributed by atoms with Crippen LogP contribution in [0.2, 0.25) is 0 Å². The van der Waals surface area contributed by atoms with Crippen LogP contribution in [0.4, 0.5) is 0 Å². The molecule has 0 bridgehead atoms. The van der Waals surface area contributed by atoms with Crippen LogP contribution in [0.1, 0.15) is 18.6 Å². The number of aliphatic hydroxyl groups is 1. The molecule has 21 heavy (non-hydrogen) atoms. The molecule has 0 saturated carbocycles. The number of hydrogen-bond acceptors (Lipinski definition) is 4. The maximum Gasteiger partial charge on any atom is 0.303 e. The largest absolute Gasteiger partial charge is 0.456 e. The van der Waals surface area contributed by atoms with Gasteiger partial charge in [0.15, 0.2) is 6.61 Å². The SMILES string of the molecule is CC(=O)OCC(=O)NCC(O)c1ccc2c(ccn2C)c1. The Kier molecular flexibility index (Phi) is 4.59. The Hall–Kier alpha value is -2.34. The number of amides is 1. The monoisotopic (exact) mass is 290 g/mol. The summed E-state index contributed by atoms with van der Waals surface area (Å²) >= 11 is 0. The number of hydrogen-bond donors (Lipinski definition) is 2. The Morgan fingerprint density at radius 1 is 1.38 bits per heavy atom. The number of aliphatic hydroxyl groups excluding tert-OH is 1. The summed E-state index contributed by atoms with van der Waals surface area (Å²) in [7, 11) is 1.95. The summed E-state index contributed by atoms with van der Waals surface area (Å²) in [6, 6.07) is 7.60. The molecule has 6 heteroatoms. The van der Waals surface area contributed by atoms with Gasteiger partial charge in [-0.25, -0.2) is 0 Å². The molecule has 1 aromatic carbocycles. The lowest BCUT2D eigenvalue weighted by molar-refractivity contribution is -0.146. The third kappa shape index (κ3) is 3.82. The number of nitrogens with one attached hydrogen (secondary N) is 1. The van der Waals surface area contributed by atoms with E-state index in [0.29, 0.717) is 0 Å². The Morgan fingerprint density at radius 3 is 2.86 bits per heavy atom. The van der Waals surface area contributed by atoms with Crippen LogP contribution in [0, 0.1) is 0 Å². The van der Waals surface area contributed by atoms with E-state index < -0.39 is 18.0 Å². The number of rotatable bonds is 5. The van der Waals surface area contributed by atoms with Gasteiger partial charge in [0.05, 0.1) is 6.10 Å². The molecular weight excluding hydrogens is 272 g/mol. The van der Waals surface area contributed by atoms with Crippen molar-refractivity contribution >= 4 is 22.8 Å². The summed E-state index contributed by atoms with van der Waals surface area (Å²) in [6.45, 7) is 0.968. The molecule has 1 amide bonds. The van der Waals surface area contributed by atoms with Crippen LogP contribution in [-0.2, 0) is 21.4 Å². The van der Waals surface area contributed by atoms with Gasteiger partial charge in [-0.3, -0.25) is 9.59 Å². The van der Waals surface area contributed by atoms with E-state index in [2.05, 4.69) is 10.1 Å². The fraction of sp³-hybridized carbons (Fsp3) is 0.333. The zero-order valence-corrected chi connectivity index (χ0v) is 12.0. The van der Waals surface area contributed by atoms with E-state index in [0.717, 1.165) is 16.5 Å². The number of ether oxygens (including phenoxy) is 1. The molecule has 1 atom stereocenters. The second-order valence-electron chi connectivity index (χ2n) is 4.85. The van der Waals surface area contributed by atoms with Crippen molar-refractivity contribution < 1.29 is 19.4 Å². The number of fused-ring (bicyclic) bond motifs is 1. The van der Waals surface area contributed by atoms with E-state index >= 15 is 0 Å². The zero-order chi connectivity index (χ0) is 15.4. The quantitative estimate of drug-likeness (QED) is 0.801. The third-order valence-electron chi connectivity index (χ3n) is 3.19. The van der Waals surface area contributed by atoms with Crippen molar-refractivity contribution in [1.82, 2.24) is 9.88 Å². The Balaban J connectivity index is 1.94. The first-order valence-electron chi connectivity index (χ1n) is 6.60. The van der Waals surface area contributed by atoms with Gasteiger partial charge in [-0.05, 0) is 29.1 Å². The highest BCUT2D eigenvalue weighted by atomic mass is 16.5. The van der Waals surface area contributed by atoms with Crippen LogP contribution in [0.15, 0.2) is 30.5 Å². The number of benzene rings is 1. The van der Waals surface area contributed by atoms with Crippen molar-refractivity contribution in [3.63, 3.8) is 0 Å². The molecule has 112 valence electrons. The molecule has 0 aliphatic carbocycles. The predicted molar refractivity (Wildman–Crippen MR) is 77.5 cm³/mol. The van der Waals surface area contributed by atoms with Gasteiger partial charge in [0.1, 0.15) is 0 Å². The molecule has 1 heterocycles. The van der Waals surface area contributed by atoms with E-state index in [4.69, 9.17) is 0 Å². The van der Waals surface area contributed by atoms with E-state index in [1.807, 2.05) is 42.1 Å². The predicted octanol–water partition coefficient (Wildman–Crippen LogP) is 0.891. The normalized spacial score (nSPS) is 12.1. The lowest BCUT2D eigenvalue weighted by Gasteiger charge is -2.12. The first-order valence-corrected chi connectivity index (χ1v) is 6.60. The van der Waals surface area contributed by atoms with Gasteiger partial charge < -0.3 is 19.7 Å². The second-order valence-corrected chi connectivity index (χ2v) is 4.85. The van der Waals surface area contributed by atoms with Crippen molar-refractivity contribution in [2.45, 2.75) is 13.0 Å². The Bertz CT molecular complexity index is 663. The minimum absolute atomic E-state index is 0.0679. The van der Waals surface area contributed by atoms with Crippen LogP contribution in [0.3, 0.4) is 0 Å². The van der Waals surface area contributed by atoms with Gasteiger partial charge in [0.25, 0.3) is 5.91 Å². The summed E-state index contributed by atoms with van der Waals surface area (Å²) in [6.07, 6.45) is 1.14. The number of esters is 1. The van der Waals surface area contributed by atoms with Gasteiger partial charge in [-0.1, -0.05) is 6.07 Å². The van der Waals surface area contributed by atoms with Crippen LogP contribution in [0.5, 0.6) is 0 Å². The molecule has 0 aliphatic rings. The lowest BCUT2D eigenvalue weighted by atomic mass is 10.1. The van der Waals surface area contributed by atoms with Crippen LogP contribution < -0.4 is 5.32 Å². The van der Waals surface area contributed by atoms with Crippen molar-refractivity contribution in [1.29, 1.82) is 0 Å². The summed E-state index contributed by atoms with van der Waals surface area (Å²) in [5.74, 6) is -0.953. The third-order valence-corrected chi connectivity index (χ3v) is 3.19. The summed E-state index contributed by atoms with van der Waals surface area (Å²) in [5, 5.41) is 13.6. The van der Waals surface area contributed by atoms with E-state index in [-0.39, 0.29) is 13.2 Å². The number of carbonyl (C=O) groups is 2. The Morgan fingerprint density at radius 2 is 2.14 bits per heavy atom. The van der Waals surface area contributed by atoms with Gasteiger partial charge in [0.2, 0.25) is 0 Å². The Labute approximate surface area is 122 Å². The maximum absolute atomic E-state index is 11.4. The highest BCUT2D eigenvalue weighted by Crippen LogP contribution is 2.20. The molecule has 0 saturated heterocycles. The molecular formula is C15H18N2O4. The summed E-state index contributed by atoms with van der Waals surface area (Å²) in [4.78, 5) is 22.0. The van der Waals surface area contributed by atoms with E-state index in [9.17, 15) is 14.7 Å². The van der Waals surface area contributed by atoms with Crippen LogP contribution >= 0.6 is 0 Å². The molecule has 0 fully saturated rings. The molecule has 2 aromatic rings. The van der Waals surface area contributed by atoms with Gasteiger partial charge >= 0.3 is 5.97 Å². The molecule has 2 N–H and O–H groups in total. The first-order chi connectivity index (χ1) is 9.97. The van der Waals surface area contributed by atoms with Gasteiger partial charge in [-0.15, -0.1) is 0 Å². The van der Waals surface area contributed by atoms with Crippen molar-refractivity contribution in [2.24, 2.45) is 7.05 Å². The fourth-order valence-corrected chi connectivity index (χ4v) is 2.05. The number of nitrogens with zero attached hydrogens (tertiary/aromatic N) is 1. The topological polar surface area (TPSA) is 80.6 Å². The fourth-order valence-electron chi connectivity index (χ4n) is 2.05. The maximum atomic E-state index is 11.4. The minimum atomic E-state index is -0.809. The molecule has 2 rings (SSSR count). The summed E-state index contributed by atoms with van der Waals surface area (Å²) < 4.78 is 6.56. The highest BCUT2D eigenvalue weighted by molar-refractivity contribution is 5.81. The number of aromatic nitrogens is 1. The number of aryl methyl sites for hydroxylation is 1. The smallest absolute Gasteiger partial charge is 0.303 e. The molecule has 0 radical (unpaired) electrons.